The lowest BCUT2D eigenvalue weighted by Gasteiger charge is -2.31. The van der Waals surface area contributed by atoms with E-state index >= 15 is 0 Å². The molecule has 21 heavy (non-hydrogen) atoms. The van der Waals surface area contributed by atoms with Crippen LogP contribution in [0, 0.1) is 0 Å². The van der Waals surface area contributed by atoms with E-state index in [0.717, 1.165) is 42.8 Å². The summed E-state index contributed by atoms with van der Waals surface area (Å²) in [4.78, 5) is 19.0. The summed E-state index contributed by atoms with van der Waals surface area (Å²) >= 11 is 0. The monoisotopic (exact) mass is 284 g/mol. The molecule has 2 heterocycles. The molecule has 110 valence electrons. The van der Waals surface area contributed by atoms with E-state index in [1.807, 2.05) is 37.3 Å². The molecule has 0 aliphatic carbocycles. The lowest BCUT2D eigenvalue weighted by Crippen LogP contribution is -2.51. The minimum Gasteiger partial charge on any atom is -0.324 e. The fourth-order valence-electron chi connectivity index (χ4n) is 2.68. The van der Waals surface area contributed by atoms with E-state index in [-0.39, 0.29) is 11.9 Å². The third kappa shape index (κ3) is 3.04. The van der Waals surface area contributed by atoms with E-state index in [2.05, 4.69) is 20.5 Å². The van der Waals surface area contributed by atoms with Crippen molar-refractivity contribution in [2.45, 2.75) is 13.0 Å². The molecule has 3 rings (SSSR count). The molecule has 1 unspecified atom stereocenters. The molecule has 1 saturated heterocycles. The second-order valence-electron chi connectivity index (χ2n) is 5.33. The first-order valence-electron chi connectivity index (χ1n) is 7.35. The van der Waals surface area contributed by atoms with Crippen molar-refractivity contribution in [3.05, 3.63) is 36.5 Å². The molecule has 5 nitrogen and oxygen atoms in total. The van der Waals surface area contributed by atoms with Crippen LogP contribution in [0.4, 0.5) is 5.69 Å². The topological polar surface area (TPSA) is 57.3 Å². The van der Waals surface area contributed by atoms with Crippen molar-refractivity contribution in [2.75, 3.05) is 31.5 Å². The van der Waals surface area contributed by atoms with E-state index in [9.17, 15) is 4.79 Å². The number of carbonyl (C=O) groups is 1. The predicted octanol–water partition coefficient (Wildman–Crippen LogP) is 1.47. The van der Waals surface area contributed by atoms with Gasteiger partial charge in [-0.05, 0) is 31.2 Å². The molecule has 0 bridgehead atoms. The molecule has 0 saturated carbocycles. The Labute approximate surface area is 124 Å². The van der Waals surface area contributed by atoms with Crippen molar-refractivity contribution in [2.24, 2.45) is 0 Å². The first-order valence-corrected chi connectivity index (χ1v) is 7.35. The first-order chi connectivity index (χ1) is 10.3. The second kappa shape index (κ2) is 6.20. The van der Waals surface area contributed by atoms with Crippen LogP contribution in [0.2, 0.25) is 0 Å². The Kier molecular flexibility index (Phi) is 4.13. The predicted molar refractivity (Wildman–Crippen MR) is 84.3 cm³/mol. The van der Waals surface area contributed by atoms with Crippen LogP contribution in [-0.2, 0) is 4.79 Å². The number of hydrogen-bond donors (Lipinski definition) is 2. The first kappa shape index (κ1) is 14.0. The quantitative estimate of drug-likeness (QED) is 0.896. The van der Waals surface area contributed by atoms with Gasteiger partial charge in [0.15, 0.2) is 0 Å². The molecular weight excluding hydrogens is 264 g/mol. The summed E-state index contributed by atoms with van der Waals surface area (Å²) in [6.45, 7) is 5.66. The number of benzene rings is 1. The maximum atomic E-state index is 12.5. The third-order valence-corrected chi connectivity index (χ3v) is 3.98. The minimum atomic E-state index is -0.126. The van der Waals surface area contributed by atoms with Crippen LogP contribution < -0.4 is 10.6 Å². The Bertz CT molecular complexity index is 632. The number of anilines is 1. The molecule has 2 N–H and O–H groups in total. The van der Waals surface area contributed by atoms with E-state index in [4.69, 9.17) is 0 Å². The molecule has 0 radical (unpaired) electrons. The number of amides is 1. The zero-order valence-electron chi connectivity index (χ0n) is 12.2. The highest BCUT2D eigenvalue weighted by atomic mass is 16.2. The van der Waals surface area contributed by atoms with Gasteiger partial charge in [-0.2, -0.15) is 0 Å². The Morgan fingerprint density at radius 2 is 2.10 bits per heavy atom. The van der Waals surface area contributed by atoms with E-state index < -0.39 is 0 Å². The molecule has 5 heteroatoms. The Morgan fingerprint density at radius 1 is 1.29 bits per heavy atom. The van der Waals surface area contributed by atoms with E-state index in [1.165, 1.54) is 0 Å². The van der Waals surface area contributed by atoms with Crippen molar-refractivity contribution in [3.8, 4) is 0 Å². The largest absolute Gasteiger partial charge is 0.324 e. The van der Waals surface area contributed by atoms with Gasteiger partial charge >= 0.3 is 0 Å². The molecule has 1 aliphatic heterocycles. The van der Waals surface area contributed by atoms with Gasteiger partial charge in [-0.3, -0.25) is 14.7 Å². The SMILES string of the molecule is CC(C(=O)Nc1cccc2ncccc12)N1CCNCC1. The Morgan fingerprint density at radius 3 is 2.90 bits per heavy atom. The van der Waals surface area contributed by atoms with Gasteiger partial charge in [0.25, 0.3) is 0 Å². The van der Waals surface area contributed by atoms with Gasteiger partial charge in [0, 0.05) is 37.8 Å². The maximum absolute atomic E-state index is 12.5. The summed E-state index contributed by atoms with van der Waals surface area (Å²) in [6.07, 6.45) is 1.76. The number of piperazine rings is 1. The second-order valence-corrected chi connectivity index (χ2v) is 5.33. The minimum absolute atomic E-state index is 0.0354. The molecule has 1 atom stereocenters. The molecule has 1 fully saturated rings. The van der Waals surface area contributed by atoms with Crippen molar-refractivity contribution < 1.29 is 4.79 Å². The van der Waals surface area contributed by atoms with Gasteiger partial charge < -0.3 is 10.6 Å². The smallest absolute Gasteiger partial charge is 0.241 e. The average molecular weight is 284 g/mol. The summed E-state index contributed by atoms with van der Waals surface area (Å²) in [5, 5.41) is 7.31. The number of fused-ring (bicyclic) bond motifs is 1. The lowest BCUT2D eigenvalue weighted by molar-refractivity contribution is -0.120. The number of nitrogens with one attached hydrogen (secondary N) is 2. The van der Waals surface area contributed by atoms with Gasteiger partial charge in [-0.1, -0.05) is 6.07 Å². The summed E-state index contributed by atoms with van der Waals surface area (Å²) in [5.74, 6) is 0.0354. The molecule has 2 aromatic rings. The summed E-state index contributed by atoms with van der Waals surface area (Å²) < 4.78 is 0. The molecule has 1 aromatic carbocycles. The Hall–Kier alpha value is -1.98. The fraction of sp³-hybridized carbons (Fsp3) is 0.375. The van der Waals surface area contributed by atoms with Gasteiger partial charge in [0.1, 0.15) is 0 Å². The summed E-state index contributed by atoms with van der Waals surface area (Å²) in [7, 11) is 0. The molecule has 1 aromatic heterocycles. The lowest BCUT2D eigenvalue weighted by atomic mass is 10.1. The summed E-state index contributed by atoms with van der Waals surface area (Å²) in [6, 6.07) is 9.53. The number of nitrogens with zero attached hydrogens (tertiary/aromatic N) is 2. The van der Waals surface area contributed by atoms with Crippen LogP contribution in [0.3, 0.4) is 0 Å². The van der Waals surface area contributed by atoms with Crippen LogP contribution in [0.5, 0.6) is 0 Å². The number of pyridine rings is 1. The molecule has 0 spiro atoms. The summed E-state index contributed by atoms with van der Waals surface area (Å²) in [5.41, 5.74) is 1.72. The van der Waals surface area contributed by atoms with Crippen molar-refractivity contribution in [1.29, 1.82) is 0 Å². The number of carbonyl (C=O) groups excluding carboxylic acids is 1. The van der Waals surface area contributed by atoms with E-state index in [0.29, 0.717) is 0 Å². The highest BCUT2D eigenvalue weighted by Gasteiger charge is 2.22. The highest BCUT2D eigenvalue weighted by molar-refractivity contribution is 6.02. The van der Waals surface area contributed by atoms with E-state index in [1.54, 1.807) is 6.20 Å². The third-order valence-electron chi connectivity index (χ3n) is 3.98. The van der Waals surface area contributed by atoms with Crippen LogP contribution in [-0.4, -0.2) is 48.0 Å². The van der Waals surface area contributed by atoms with Gasteiger partial charge in [-0.25, -0.2) is 0 Å². The molecule has 1 amide bonds. The van der Waals surface area contributed by atoms with Crippen LogP contribution in [0.25, 0.3) is 10.9 Å². The number of hydrogen-bond acceptors (Lipinski definition) is 4. The average Bonchev–Trinajstić information content (AvgIpc) is 2.55. The molecular formula is C16H20N4O. The zero-order valence-corrected chi connectivity index (χ0v) is 12.2. The van der Waals surface area contributed by atoms with Crippen LogP contribution in [0.15, 0.2) is 36.5 Å². The van der Waals surface area contributed by atoms with Crippen molar-refractivity contribution in [3.63, 3.8) is 0 Å². The number of rotatable bonds is 3. The van der Waals surface area contributed by atoms with Crippen molar-refractivity contribution >= 4 is 22.5 Å². The highest BCUT2D eigenvalue weighted by Crippen LogP contribution is 2.21. The Balaban J connectivity index is 1.76. The standard InChI is InChI=1S/C16H20N4O/c1-12(20-10-8-17-9-11-20)16(21)19-15-6-2-5-14-13(15)4-3-7-18-14/h2-7,12,17H,8-11H2,1H3,(H,19,21). The van der Waals surface area contributed by atoms with Gasteiger partial charge in [0.2, 0.25) is 5.91 Å². The maximum Gasteiger partial charge on any atom is 0.241 e. The van der Waals surface area contributed by atoms with Crippen LogP contribution in [0.1, 0.15) is 6.92 Å². The fourth-order valence-corrected chi connectivity index (χ4v) is 2.68. The van der Waals surface area contributed by atoms with Gasteiger partial charge in [-0.15, -0.1) is 0 Å². The zero-order chi connectivity index (χ0) is 14.7. The number of aromatic nitrogens is 1. The van der Waals surface area contributed by atoms with Gasteiger partial charge in [0.05, 0.1) is 17.2 Å². The molecule has 1 aliphatic rings. The van der Waals surface area contributed by atoms with Crippen molar-refractivity contribution in [1.82, 2.24) is 15.2 Å². The normalized spacial score (nSPS) is 17.6. The van der Waals surface area contributed by atoms with Crippen LogP contribution >= 0.6 is 0 Å².